The first-order chi connectivity index (χ1) is 9.61. The molecule has 0 aromatic heterocycles. The number of para-hydroxylation sites is 1. The molecule has 1 nitrogen and oxygen atoms in total. The summed E-state index contributed by atoms with van der Waals surface area (Å²) in [5.74, 6) is 2.26. The Morgan fingerprint density at radius 3 is 2.43 bits per heavy atom. The molecule has 1 aromatic rings. The van der Waals surface area contributed by atoms with E-state index in [0.717, 1.165) is 18.5 Å². The van der Waals surface area contributed by atoms with Gasteiger partial charge in [-0.05, 0) is 37.6 Å². The second kappa shape index (κ2) is 10.8. The summed E-state index contributed by atoms with van der Waals surface area (Å²) < 4.78 is 0. The van der Waals surface area contributed by atoms with Crippen LogP contribution < -0.4 is 0 Å². The minimum atomic E-state index is 0. The van der Waals surface area contributed by atoms with E-state index in [1.54, 1.807) is 5.92 Å². The fraction of sp³-hybridized carbons (Fsp3) is 0.474. The number of benzene rings is 1. The van der Waals surface area contributed by atoms with Crippen molar-refractivity contribution in [1.29, 1.82) is 0 Å². The maximum absolute atomic E-state index is 4.88. The van der Waals surface area contributed by atoms with Gasteiger partial charge in [-0.3, -0.25) is 4.99 Å². The van der Waals surface area contributed by atoms with E-state index in [2.05, 4.69) is 58.0 Å². The van der Waals surface area contributed by atoms with Crippen LogP contribution in [-0.2, 0) is 0 Å². The fourth-order valence-corrected chi connectivity index (χ4v) is 2.41. The Kier molecular flexibility index (Phi) is 10.9. The van der Waals surface area contributed by atoms with E-state index in [-0.39, 0.29) is 46.9 Å². The largest absolute Gasteiger partial charge is 0.308 e. The van der Waals surface area contributed by atoms with E-state index < -0.39 is 0 Å². The quantitative estimate of drug-likeness (QED) is 0.481. The average Bonchev–Trinajstić information content (AvgIpc) is 2.79. The number of rotatable bonds is 2. The Morgan fingerprint density at radius 2 is 1.90 bits per heavy atom. The van der Waals surface area contributed by atoms with Gasteiger partial charge in [-0.2, -0.15) is 12.8 Å². The minimum absolute atomic E-state index is 0. The maximum Gasteiger partial charge on any atom is 0.0702 e. The molecular formula is C19H28NYb-. The number of aliphatic imine (C=N–C) groups is 1. The molecule has 1 unspecified atom stereocenters. The summed E-state index contributed by atoms with van der Waals surface area (Å²) in [5.41, 5.74) is 4.99. The van der Waals surface area contributed by atoms with E-state index in [4.69, 9.17) is 4.99 Å². The zero-order valence-corrected chi connectivity index (χ0v) is 15.8. The van der Waals surface area contributed by atoms with Crippen LogP contribution in [0.5, 0.6) is 0 Å². The van der Waals surface area contributed by atoms with E-state index in [9.17, 15) is 0 Å². The molecule has 0 spiro atoms. The van der Waals surface area contributed by atoms with Gasteiger partial charge in [0.1, 0.15) is 0 Å². The van der Waals surface area contributed by atoms with Crippen LogP contribution in [0.1, 0.15) is 59.9 Å². The second-order valence-electron chi connectivity index (χ2n) is 5.30. The van der Waals surface area contributed by atoms with Crippen LogP contribution in [0, 0.1) is 58.8 Å². The van der Waals surface area contributed by atoms with Crippen molar-refractivity contribution >= 4 is 17.0 Å². The SMILES string of the molecule is CC.CC=C(C)c1ccccc1N=C1C[C-](C)C(C)C1.[Yb]. The topological polar surface area (TPSA) is 12.4 Å². The van der Waals surface area contributed by atoms with Gasteiger partial charge in [-0.25, -0.2) is 0 Å². The van der Waals surface area contributed by atoms with Crippen LogP contribution in [-0.4, -0.2) is 5.71 Å². The van der Waals surface area contributed by atoms with Crippen molar-refractivity contribution in [2.75, 3.05) is 0 Å². The Hall–Kier alpha value is 0.149. The van der Waals surface area contributed by atoms with Crippen LogP contribution in [0.2, 0.25) is 0 Å². The summed E-state index contributed by atoms with van der Waals surface area (Å²) in [6.07, 6.45) is 4.34. The Morgan fingerprint density at radius 1 is 1.29 bits per heavy atom. The van der Waals surface area contributed by atoms with Crippen LogP contribution in [0.4, 0.5) is 5.69 Å². The molecule has 2 rings (SSSR count). The van der Waals surface area contributed by atoms with E-state index in [1.165, 1.54) is 16.8 Å². The number of allylic oxidation sites excluding steroid dienone is 2. The van der Waals surface area contributed by atoms with E-state index in [0.29, 0.717) is 5.92 Å². The van der Waals surface area contributed by atoms with Gasteiger partial charge in [-0.15, -0.1) is 6.42 Å². The molecule has 1 aromatic carbocycles. The standard InChI is InChI=1S/C17H22N.C2H6.Yb/c1-5-12(2)16-8-6-7-9-17(16)18-15-10-13(3)14(4)11-15;1-2;/h5-9,13H,10-11H2,1-4H3;1-2H3;/q-1;;. The molecule has 0 aliphatic heterocycles. The van der Waals surface area contributed by atoms with Crippen LogP contribution in [0.3, 0.4) is 0 Å². The minimum Gasteiger partial charge on any atom is -0.308 e. The average molecular weight is 443 g/mol. The third-order valence-electron chi connectivity index (χ3n) is 3.91. The molecule has 0 heterocycles. The van der Waals surface area contributed by atoms with Gasteiger partial charge in [0.15, 0.2) is 0 Å². The normalized spacial score (nSPS) is 20.8. The summed E-state index contributed by atoms with van der Waals surface area (Å²) in [5, 5.41) is 0. The number of hydrogen-bond acceptors (Lipinski definition) is 1. The van der Waals surface area contributed by atoms with Crippen molar-refractivity contribution < 1.29 is 46.9 Å². The van der Waals surface area contributed by atoms with Gasteiger partial charge in [0.25, 0.3) is 0 Å². The van der Waals surface area contributed by atoms with Crippen molar-refractivity contribution in [3.8, 4) is 0 Å². The molecule has 1 atom stereocenters. The van der Waals surface area contributed by atoms with Crippen LogP contribution in [0.15, 0.2) is 35.3 Å². The molecule has 1 fully saturated rings. The monoisotopic (exact) mass is 444 g/mol. The summed E-state index contributed by atoms with van der Waals surface area (Å²) >= 11 is 0. The van der Waals surface area contributed by atoms with Crippen molar-refractivity contribution in [2.45, 2.75) is 54.4 Å². The molecule has 0 N–H and O–H groups in total. The molecule has 0 radical (unpaired) electrons. The second-order valence-corrected chi connectivity index (χ2v) is 5.30. The number of nitrogens with zero attached hydrogens (tertiary/aromatic N) is 1. The van der Waals surface area contributed by atoms with Gasteiger partial charge >= 0.3 is 0 Å². The van der Waals surface area contributed by atoms with Crippen LogP contribution >= 0.6 is 0 Å². The van der Waals surface area contributed by atoms with Crippen molar-refractivity contribution in [3.05, 3.63) is 41.8 Å². The van der Waals surface area contributed by atoms with Crippen molar-refractivity contribution in [2.24, 2.45) is 10.9 Å². The smallest absolute Gasteiger partial charge is 0.0702 e. The van der Waals surface area contributed by atoms with E-state index in [1.807, 2.05) is 13.8 Å². The summed E-state index contributed by atoms with van der Waals surface area (Å²) in [7, 11) is 0. The molecular weight excluding hydrogens is 415 g/mol. The van der Waals surface area contributed by atoms with E-state index >= 15 is 0 Å². The third kappa shape index (κ3) is 6.04. The molecule has 0 bridgehead atoms. The first-order valence-corrected chi connectivity index (χ1v) is 7.73. The molecule has 2 heteroatoms. The zero-order valence-electron chi connectivity index (χ0n) is 14.1. The van der Waals surface area contributed by atoms with Gasteiger partial charge < -0.3 is 5.92 Å². The molecule has 124 valence electrons. The Labute approximate surface area is 169 Å². The van der Waals surface area contributed by atoms with Gasteiger partial charge in [0.05, 0.1) is 5.69 Å². The first-order valence-electron chi connectivity index (χ1n) is 7.73. The predicted molar refractivity (Wildman–Crippen MR) is 91.5 cm³/mol. The third-order valence-corrected chi connectivity index (χ3v) is 3.91. The van der Waals surface area contributed by atoms with Crippen LogP contribution in [0.25, 0.3) is 5.57 Å². The van der Waals surface area contributed by atoms with Gasteiger partial charge in [0.2, 0.25) is 0 Å². The van der Waals surface area contributed by atoms with Crippen molar-refractivity contribution in [1.82, 2.24) is 0 Å². The molecule has 21 heavy (non-hydrogen) atoms. The predicted octanol–water partition coefficient (Wildman–Crippen LogP) is 6.23. The fourth-order valence-electron chi connectivity index (χ4n) is 2.41. The van der Waals surface area contributed by atoms with Crippen molar-refractivity contribution in [3.63, 3.8) is 0 Å². The number of hydrogen-bond donors (Lipinski definition) is 0. The summed E-state index contributed by atoms with van der Waals surface area (Å²) in [6.45, 7) is 12.8. The molecule has 0 amide bonds. The Bertz CT molecular complexity index is 476. The van der Waals surface area contributed by atoms with Gasteiger partial charge in [-0.1, -0.05) is 45.0 Å². The molecule has 0 saturated heterocycles. The van der Waals surface area contributed by atoms with Gasteiger partial charge in [0, 0.05) is 52.5 Å². The molecule has 1 aliphatic carbocycles. The molecule has 1 aliphatic rings. The summed E-state index contributed by atoms with van der Waals surface area (Å²) in [6, 6.07) is 8.43. The molecule has 1 saturated carbocycles. The summed E-state index contributed by atoms with van der Waals surface area (Å²) in [4.78, 5) is 4.88. The maximum atomic E-state index is 4.88. The Balaban J connectivity index is 0.00000128. The zero-order chi connectivity index (χ0) is 15.1. The first kappa shape index (κ1) is 21.1.